The van der Waals surface area contributed by atoms with Gasteiger partial charge in [0, 0.05) is 31.2 Å². The van der Waals surface area contributed by atoms with Gasteiger partial charge in [-0.05, 0) is 46.8 Å². The van der Waals surface area contributed by atoms with Gasteiger partial charge in [0.15, 0.2) is 0 Å². The van der Waals surface area contributed by atoms with E-state index in [4.69, 9.17) is 4.74 Å². The minimum absolute atomic E-state index is 0.000801. The van der Waals surface area contributed by atoms with Crippen molar-refractivity contribution in [3.63, 3.8) is 0 Å². The first-order valence-electron chi connectivity index (χ1n) is 7.75. The molecule has 0 fully saturated rings. The summed E-state index contributed by atoms with van der Waals surface area (Å²) in [6.07, 6.45) is -0.397. The Kier molecular flexibility index (Phi) is 6.94. The van der Waals surface area contributed by atoms with Gasteiger partial charge in [0.2, 0.25) is 0 Å². The second-order valence-corrected chi connectivity index (χ2v) is 6.64. The summed E-state index contributed by atoms with van der Waals surface area (Å²) < 4.78 is 32.4. The fourth-order valence-electron chi connectivity index (χ4n) is 1.99. The van der Waals surface area contributed by atoms with Crippen LogP contribution in [0.15, 0.2) is 18.2 Å². The molecule has 0 aliphatic heterocycles. The number of carbonyl (C=O) groups excluding carboxylic acids is 1. The van der Waals surface area contributed by atoms with Crippen LogP contribution in [0.4, 0.5) is 13.6 Å². The van der Waals surface area contributed by atoms with E-state index in [-0.39, 0.29) is 18.2 Å². The predicted octanol–water partition coefficient (Wildman–Crippen LogP) is 3.70. The predicted molar refractivity (Wildman–Crippen MR) is 86.1 cm³/mol. The maximum Gasteiger partial charge on any atom is 0.410 e. The Hall–Kier alpha value is -1.69. The lowest BCUT2D eigenvalue weighted by Gasteiger charge is -2.30. The van der Waals surface area contributed by atoms with Gasteiger partial charge in [0.05, 0.1) is 0 Å². The molecule has 0 heterocycles. The molecule has 4 nitrogen and oxygen atoms in total. The number of hydrogen-bond donors (Lipinski definition) is 1. The average molecular weight is 328 g/mol. The van der Waals surface area contributed by atoms with Crippen molar-refractivity contribution in [3.8, 4) is 0 Å². The normalized spacial score (nSPS) is 11.7. The third kappa shape index (κ3) is 6.52. The number of rotatable bonds is 6. The molecule has 1 rings (SSSR count). The van der Waals surface area contributed by atoms with E-state index in [0.717, 1.165) is 0 Å². The molecule has 1 N–H and O–H groups in total. The zero-order chi connectivity index (χ0) is 17.6. The van der Waals surface area contributed by atoms with Crippen LogP contribution in [0.25, 0.3) is 0 Å². The summed E-state index contributed by atoms with van der Waals surface area (Å²) in [6, 6.07) is 3.75. The number of nitrogens with one attached hydrogen (secondary N) is 1. The second-order valence-electron chi connectivity index (χ2n) is 6.64. The van der Waals surface area contributed by atoms with E-state index < -0.39 is 23.3 Å². The largest absolute Gasteiger partial charge is 0.444 e. The van der Waals surface area contributed by atoms with E-state index in [0.29, 0.717) is 13.1 Å². The van der Waals surface area contributed by atoms with Gasteiger partial charge in [0.1, 0.15) is 17.2 Å². The lowest BCUT2D eigenvalue weighted by atomic mass is 10.2. The van der Waals surface area contributed by atoms with Crippen LogP contribution in [0.1, 0.15) is 40.2 Å². The molecule has 0 aliphatic carbocycles. The molecule has 0 spiro atoms. The SMILES string of the molecule is CC(C)N(CCNCc1c(F)cccc1F)C(=O)OC(C)(C)C. The van der Waals surface area contributed by atoms with Gasteiger partial charge >= 0.3 is 6.09 Å². The molecule has 0 saturated carbocycles. The van der Waals surface area contributed by atoms with Crippen molar-refractivity contribution in [3.05, 3.63) is 35.4 Å². The Labute approximate surface area is 136 Å². The molecule has 0 unspecified atom stereocenters. The third-order valence-corrected chi connectivity index (χ3v) is 3.14. The number of amides is 1. The molecule has 1 aromatic carbocycles. The summed E-state index contributed by atoms with van der Waals surface area (Å²) in [7, 11) is 0. The van der Waals surface area contributed by atoms with Crippen LogP contribution in [-0.4, -0.2) is 35.7 Å². The molecule has 1 amide bonds. The Morgan fingerprint density at radius 2 is 1.83 bits per heavy atom. The van der Waals surface area contributed by atoms with E-state index >= 15 is 0 Å². The van der Waals surface area contributed by atoms with E-state index in [2.05, 4.69) is 5.32 Å². The first-order chi connectivity index (χ1) is 10.6. The van der Waals surface area contributed by atoms with Crippen molar-refractivity contribution < 1.29 is 18.3 Å². The Morgan fingerprint density at radius 1 is 1.26 bits per heavy atom. The zero-order valence-corrected chi connectivity index (χ0v) is 14.5. The number of nitrogens with zero attached hydrogens (tertiary/aromatic N) is 1. The molecule has 130 valence electrons. The molecule has 0 bridgehead atoms. The second kappa shape index (κ2) is 8.24. The van der Waals surface area contributed by atoms with Crippen LogP contribution in [-0.2, 0) is 11.3 Å². The van der Waals surface area contributed by atoms with E-state index in [1.54, 1.807) is 4.90 Å². The Bertz CT molecular complexity index is 508. The summed E-state index contributed by atoms with van der Waals surface area (Å²) in [5.41, 5.74) is -0.561. The van der Waals surface area contributed by atoms with Crippen LogP contribution in [0, 0.1) is 11.6 Å². The van der Waals surface area contributed by atoms with Crippen molar-refractivity contribution >= 4 is 6.09 Å². The van der Waals surface area contributed by atoms with Gasteiger partial charge < -0.3 is 15.0 Å². The van der Waals surface area contributed by atoms with E-state index in [9.17, 15) is 13.6 Å². The quantitative estimate of drug-likeness (QED) is 0.810. The summed E-state index contributed by atoms with van der Waals surface area (Å²) >= 11 is 0. The lowest BCUT2D eigenvalue weighted by Crippen LogP contribution is -2.44. The molecule has 0 saturated heterocycles. The molecular formula is C17H26F2N2O2. The summed E-state index contributed by atoms with van der Waals surface area (Å²) in [5, 5.41) is 2.96. The van der Waals surface area contributed by atoms with Crippen LogP contribution in [0.2, 0.25) is 0 Å². The topological polar surface area (TPSA) is 41.6 Å². The van der Waals surface area contributed by atoms with E-state index in [1.165, 1.54) is 18.2 Å². The van der Waals surface area contributed by atoms with Gasteiger partial charge in [-0.1, -0.05) is 6.07 Å². The highest BCUT2D eigenvalue weighted by atomic mass is 19.1. The number of ether oxygens (including phenoxy) is 1. The maximum atomic E-state index is 13.5. The van der Waals surface area contributed by atoms with Gasteiger partial charge in [-0.15, -0.1) is 0 Å². The smallest absolute Gasteiger partial charge is 0.410 e. The fraction of sp³-hybridized carbons (Fsp3) is 0.588. The number of benzene rings is 1. The third-order valence-electron chi connectivity index (χ3n) is 3.14. The van der Waals surface area contributed by atoms with Crippen LogP contribution in [0.5, 0.6) is 0 Å². The minimum Gasteiger partial charge on any atom is -0.444 e. The van der Waals surface area contributed by atoms with Gasteiger partial charge in [0.25, 0.3) is 0 Å². The monoisotopic (exact) mass is 328 g/mol. The highest BCUT2D eigenvalue weighted by molar-refractivity contribution is 5.68. The molecule has 0 radical (unpaired) electrons. The van der Waals surface area contributed by atoms with Crippen molar-refractivity contribution in [2.24, 2.45) is 0 Å². The van der Waals surface area contributed by atoms with Crippen molar-refractivity contribution in [2.75, 3.05) is 13.1 Å². The summed E-state index contributed by atoms with van der Waals surface area (Å²) in [4.78, 5) is 13.7. The van der Waals surface area contributed by atoms with E-state index in [1.807, 2.05) is 34.6 Å². The number of hydrogen-bond acceptors (Lipinski definition) is 3. The Balaban J connectivity index is 2.52. The number of halogens is 2. The Morgan fingerprint density at radius 3 is 2.30 bits per heavy atom. The highest BCUT2D eigenvalue weighted by Gasteiger charge is 2.23. The average Bonchev–Trinajstić information content (AvgIpc) is 2.38. The molecule has 0 atom stereocenters. The van der Waals surface area contributed by atoms with Crippen LogP contribution >= 0.6 is 0 Å². The minimum atomic E-state index is -0.578. The van der Waals surface area contributed by atoms with Crippen LogP contribution in [0.3, 0.4) is 0 Å². The molecule has 0 aliphatic rings. The molecule has 23 heavy (non-hydrogen) atoms. The lowest BCUT2D eigenvalue weighted by molar-refractivity contribution is 0.0193. The molecule has 1 aromatic rings. The molecular weight excluding hydrogens is 302 g/mol. The van der Waals surface area contributed by atoms with Gasteiger partial charge in [-0.2, -0.15) is 0 Å². The van der Waals surface area contributed by atoms with Crippen molar-refractivity contribution in [1.29, 1.82) is 0 Å². The summed E-state index contributed by atoms with van der Waals surface area (Å²) in [5.74, 6) is -1.16. The first-order valence-corrected chi connectivity index (χ1v) is 7.75. The first kappa shape index (κ1) is 19.4. The number of carbonyl (C=O) groups is 1. The van der Waals surface area contributed by atoms with Crippen molar-refractivity contribution in [1.82, 2.24) is 10.2 Å². The fourth-order valence-corrected chi connectivity index (χ4v) is 1.99. The van der Waals surface area contributed by atoms with Gasteiger partial charge in [-0.3, -0.25) is 0 Å². The standard InChI is InChI=1S/C17H26F2N2O2/c1-12(2)21(16(22)23-17(3,4)5)10-9-20-11-13-14(18)7-6-8-15(13)19/h6-8,12,20H,9-11H2,1-5H3. The van der Waals surface area contributed by atoms with Gasteiger partial charge in [-0.25, -0.2) is 13.6 Å². The maximum absolute atomic E-state index is 13.5. The van der Waals surface area contributed by atoms with Crippen LogP contribution < -0.4 is 5.32 Å². The molecule has 6 heteroatoms. The van der Waals surface area contributed by atoms with Crippen molar-refractivity contribution in [2.45, 2.75) is 52.8 Å². The summed E-state index contributed by atoms with van der Waals surface area (Å²) in [6.45, 7) is 10.1. The molecule has 0 aromatic heterocycles. The highest BCUT2D eigenvalue weighted by Crippen LogP contribution is 2.13. The zero-order valence-electron chi connectivity index (χ0n) is 14.5.